The Bertz CT molecular complexity index is 1040. The third kappa shape index (κ3) is 5.29. The van der Waals surface area contributed by atoms with Crippen LogP contribution in [0.4, 0.5) is 13.6 Å². The van der Waals surface area contributed by atoms with Crippen molar-refractivity contribution in [1.82, 2.24) is 10.5 Å². The van der Waals surface area contributed by atoms with Gasteiger partial charge in [-0.2, -0.15) is 10.1 Å². The highest BCUT2D eigenvalue weighted by Crippen LogP contribution is 2.51. The largest absolute Gasteiger partial charge is 0.469 e. The maximum atomic E-state index is 14.4. The summed E-state index contributed by atoms with van der Waals surface area (Å²) in [5.41, 5.74) is 2.46. The molecule has 3 N–H and O–H groups in total. The summed E-state index contributed by atoms with van der Waals surface area (Å²) < 4.78 is 44.0. The lowest BCUT2D eigenvalue weighted by Crippen LogP contribution is -2.46. The minimum atomic E-state index is -4.79. The number of hydrogen-bond acceptors (Lipinski definition) is 6. The summed E-state index contributed by atoms with van der Waals surface area (Å²) in [5.74, 6) is -1.45. The first-order chi connectivity index (χ1) is 14.7. The maximum absolute atomic E-state index is 14.4. The quantitative estimate of drug-likeness (QED) is 0.417. The molecular weight excluding hydrogens is 455 g/mol. The summed E-state index contributed by atoms with van der Waals surface area (Å²) in [6.07, 6.45) is -0.145. The normalized spacial score (nSPS) is 18.7. The van der Waals surface area contributed by atoms with Gasteiger partial charge in [0.25, 0.3) is 0 Å². The van der Waals surface area contributed by atoms with E-state index in [1.54, 1.807) is 30.3 Å². The van der Waals surface area contributed by atoms with E-state index in [4.69, 9.17) is 9.79 Å². The van der Waals surface area contributed by atoms with Crippen molar-refractivity contribution in [3.63, 3.8) is 0 Å². The summed E-state index contributed by atoms with van der Waals surface area (Å²) in [7, 11) is -3.58. The predicted molar refractivity (Wildman–Crippen MR) is 109 cm³/mol. The third-order valence-corrected chi connectivity index (χ3v) is 6.23. The highest BCUT2D eigenvalue weighted by molar-refractivity contribution is 8.15. The summed E-state index contributed by atoms with van der Waals surface area (Å²) in [6.45, 7) is -0.461. The Labute approximate surface area is 180 Å². The van der Waals surface area contributed by atoms with Gasteiger partial charge >= 0.3 is 13.9 Å². The Morgan fingerprint density at radius 1 is 1.26 bits per heavy atom. The number of urea groups is 1. The van der Waals surface area contributed by atoms with E-state index in [0.717, 1.165) is 35.0 Å². The number of phosphoric acid groups is 1. The van der Waals surface area contributed by atoms with E-state index in [1.807, 2.05) is 0 Å². The molecule has 0 radical (unpaired) electrons. The van der Waals surface area contributed by atoms with E-state index < -0.39 is 37.0 Å². The number of hydroxylamine groups is 1. The molecule has 0 aromatic heterocycles. The van der Waals surface area contributed by atoms with E-state index in [-0.39, 0.29) is 17.0 Å². The summed E-state index contributed by atoms with van der Waals surface area (Å²) in [6, 6.07) is 10.4. The van der Waals surface area contributed by atoms with Crippen molar-refractivity contribution in [3.8, 4) is 0 Å². The number of halogens is 2. The SMILES string of the molecule is CONC(=O)N1N=C(c2cc(F)ccc2F)SC1(CCOP(=O)(O)O)c1ccccc1. The molecule has 0 saturated carbocycles. The lowest BCUT2D eigenvalue weighted by molar-refractivity contribution is 0.0698. The summed E-state index contributed by atoms with van der Waals surface area (Å²) in [5, 5.41) is 5.14. The zero-order valence-corrected chi connectivity index (χ0v) is 17.8. The molecule has 9 nitrogen and oxygen atoms in total. The zero-order valence-electron chi connectivity index (χ0n) is 16.1. The van der Waals surface area contributed by atoms with Crippen LogP contribution < -0.4 is 5.48 Å². The van der Waals surface area contributed by atoms with Crippen LogP contribution in [0.1, 0.15) is 17.5 Å². The van der Waals surface area contributed by atoms with Crippen molar-refractivity contribution >= 4 is 30.7 Å². The molecule has 13 heteroatoms. The van der Waals surface area contributed by atoms with Crippen LogP contribution in [0.25, 0.3) is 0 Å². The van der Waals surface area contributed by atoms with Crippen LogP contribution in [0.3, 0.4) is 0 Å². The van der Waals surface area contributed by atoms with Crippen LogP contribution in [0.2, 0.25) is 0 Å². The number of phosphoric ester groups is 1. The molecule has 1 unspecified atom stereocenters. The van der Waals surface area contributed by atoms with Crippen molar-refractivity contribution in [2.24, 2.45) is 5.10 Å². The number of hydrazone groups is 1. The second-order valence-corrected chi connectivity index (χ2v) is 8.78. The Morgan fingerprint density at radius 3 is 2.61 bits per heavy atom. The van der Waals surface area contributed by atoms with Gasteiger partial charge < -0.3 is 9.79 Å². The first-order valence-electron chi connectivity index (χ1n) is 8.78. The van der Waals surface area contributed by atoms with Crippen molar-refractivity contribution in [2.45, 2.75) is 11.3 Å². The zero-order chi connectivity index (χ0) is 22.6. The molecule has 166 valence electrons. The Hall–Kier alpha value is -2.34. The number of carbonyl (C=O) groups excluding carboxylic acids is 1. The Morgan fingerprint density at radius 2 is 1.97 bits per heavy atom. The number of rotatable bonds is 7. The molecule has 1 atom stereocenters. The number of nitrogens with one attached hydrogen (secondary N) is 1. The minimum absolute atomic E-state index is 0.0108. The second-order valence-electron chi connectivity index (χ2n) is 6.28. The van der Waals surface area contributed by atoms with Gasteiger partial charge in [-0.25, -0.2) is 23.6 Å². The molecule has 31 heavy (non-hydrogen) atoms. The fourth-order valence-corrected chi connectivity index (χ4v) is 4.68. The van der Waals surface area contributed by atoms with Crippen LogP contribution in [0, 0.1) is 11.6 Å². The lowest BCUT2D eigenvalue weighted by Gasteiger charge is -2.35. The van der Waals surface area contributed by atoms with E-state index >= 15 is 0 Å². The molecule has 0 saturated heterocycles. The van der Waals surface area contributed by atoms with Gasteiger partial charge in [-0.05, 0) is 23.8 Å². The first-order valence-corrected chi connectivity index (χ1v) is 11.1. The number of amides is 2. The second kappa shape index (κ2) is 9.43. The number of hydrogen-bond donors (Lipinski definition) is 3. The average Bonchev–Trinajstić information content (AvgIpc) is 3.10. The fourth-order valence-electron chi connectivity index (χ4n) is 2.99. The van der Waals surface area contributed by atoms with Gasteiger partial charge in [0.1, 0.15) is 21.5 Å². The number of benzene rings is 2. The number of thioether (sulfide) groups is 1. The monoisotopic (exact) mass is 473 g/mol. The highest BCUT2D eigenvalue weighted by Gasteiger charge is 2.49. The molecule has 0 aliphatic carbocycles. The highest BCUT2D eigenvalue weighted by atomic mass is 32.2. The average molecular weight is 473 g/mol. The van der Waals surface area contributed by atoms with E-state index in [1.165, 1.54) is 7.11 Å². The van der Waals surface area contributed by atoms with Gasteiger partial charge in [0, 0.05) is 12.0 Å². The lowest BCUT2D eigenvalue weighted by atomic mass is 10.0. The first kappa shape index (κ1) is 23.3. The standard InChI is InChI=1S/C18H18F2N3O6PS/c1-28-22-17(24)23-18(9-10-29-30(25,26)27,12-5-3-2-4-6-12)31-16(21-23)14-11-13(19)7-8-15(14)20/h2-8,11H,9-10H2,1H3,(H,22,24)(H2,25,26,27). The van der Waals surface area contributed by atoms with Crippen molar-refractivity contribution in [3.05, 3.63) is 71.3 Å². The molecule has 0 spiro atoms. The fraction of sp³-hybridized carbons (Fsp3) is 0.222. The van der Waals surface area contributed by atoms with Gasteiger partial charge in [0.2, 0.25) is 0 Å². The molecule has 2 amide bonds. The van der Waals surface area contributed by atoms with Gasteiger partial charge in [-0.1, -0.05) is 42.1 Å². The van der Waals surface area contributed by atoms with Gasteiger partial charge in [0.15, 0.2) is 0 Å². The molecule has 2 aromatic carbocycles. The molecule has 1 heterocycles. The van der Waals surface area contributed by atoms with Crippen molar-refractivity contribution in [2.75, 3.05) is 13.7 Å². The molecule has 0 bridgehead atoms. The van der Waals surface area contributed by atoms with Crippen LogP contribution in [0.15, 0.2) is 53.6 Å². The predicted octanol–water partition coefficient (Wildman–Crippen LogP) is 3.30. The molecule has 3 rings (SSSR count). The van der Waals surface area contributed by atoms with Gasteiger partial charge in [-0.3, -0.25) is 9.36 Å². The van der Waals surface area contributed by atoms with E-state index in [0.29, 0.717) is 5.56 Å². The maximum Gasteiger partial charge on any atom is 0.469 e. The topological polar surface area (TPSA) is 121 Å². The molecule has 2 aromatic rings. The molecule has 0 fully saturated rings. The Kier molecular flexibility index (Phi) is 7.10. The molecule has 1 aliphatic heterocycles. The van der Waals surface area contributed by atoms with Gasteiger partial charge in [-0.15, -0.1) is 0 Å². The minimum Gasteiger partial charge on any atom is -0.303 e. The Balaban J connectivity index is 2.09. The summed E-state index contributed by atoms with van der Waals surface area (Å²) in [4.78, 5) is 34.1. The van der Waals surface area contributed by atoms with Crippen LogP contribution in [-0.4, -0.2) is 39.6 Å². The van der Waals surface area contributed by atoms with E-state index in [2.05, 4.69) is 19.9 Å². The molecule has 1 aliphatic rings. The van der Waals surface area contributed by atoms with Gasteiger partial charge in [0.05, 0.1) is 13.7 Å². The van der Waals surface area contributed by atoms with Crippen molar-refractivity contribution in [1.29, 1.82) is 0 Å². The third-order valence-electron chi connectivity index (χ3n) is 4.26. The molecular formula is C18H18F2N3O6PS. The number of carbonyl (C=O) groups is 1. The van der Waals surface area contributed by atoms with Crippen molar-refractivity contribution < 1.29 is 37.3 Å². The van der Waals surface area contributed by atoms with Crippen LogP contribution in [-0.2, 0) is 18.8 Å². The van der Waals surface area contributed by atoms with Crippen LogP contribution in [0.5, 0.6) is 0 Å². The smallest absolute Gasteiger partial charge is 0.303 e. The number of nitrogens with zero attached hydrogens (tertiary/aromatic N) is 2. The van der Waals surface area contributed by atoms with Crippen LogP contribution >= 0.6 is 19.6 Å². The van der Waals surface area contributed by atoms with E-state index in [9.17, 15) is 18.1 Å². The summed E-state index contributed by atoms with van der Waals surface area (Å²) >= 11 is 0.920.